The van der Waals surface area contributed by atoms with Crippen molar-refractivity contribution in [2.45, 2.75) is 45.2 Å². The second-order valence-corrected chi connectivity index (χ2v) is 11.4. The summed E-state index contributed by atoms with van der Waals surface area (Å²) in [4.78, 5) is 36.8. The predicted molar refractivity (Wildman–Crippen MR) is 163 cm³/mol. The van der Waals surface area contributed by atoms with Crippen LogP contribution in [0.1, 0.15) is 60.1 Å². The number of likely N-dealkylation sites (tertiary alicyclic amines) is 2. The van der Waals surface area contributed by atoms with Gasteiger partial charge in [0.1, 0.15) is 0 Å². The number of piperidine rings is 1. The van der Waals surface area contributed by atoms with Gasteiger partial charge in [-0.05, 0) is 57.3 Å². The van der Waals surface area contributed by atoms with Gasteiger partial charge in [-0.2, -0.15) is 0 Å². The minimum absolute atomic E-state index is 0.0915. The lowest BCUT2D eigenvalue weighted by atomic mass is 9.92. The Balaban J connectivity index is 1.34. The first-order valence-electron chi connectivity index (χ1n) is 14.9. The maximum atomic E-state index is 14.2. The van der Waals surface area contributed by atoms with E-state index in [2.05, 4.69) is 27.2 Å². The highest BCUT2D eigenvalue weighted by atomic mass is 16.2. The molecule has 4 aromatic rings. The van der Waals surface area contributed by atoms with Crippen molar-refractivity contribution in [3.63, 3.8) is 0 Å². The summed E-state index contributed by atoms with van der Waals surface area (Å²) in [5.74, 6) is 0.336. The third-order valence-electron chi connectivity index (χ3n) is 8.65. The minimum atomic E-state index is -0.143. The number of pyridine rings is 1. The summed E-state index contributed by atoms with van der Waals surface area (Å²) in [5.41, 5.74) is 5.34. The number of benzene rings is 3. The summed E-state index contributed by atoms with van der Waals surface area (Å²) < 4.78 is 0. The zero-order chi connectivity index (χ0) is 28.2. The zero-order valence-corrected chi connectivity index (χ0v) is 23.8. The summed E-state index contributed by atoms with van der Waals surface area (Å²) in [7, 11) is 0. The van der Waals surface area contributed by atoms with E-state index >= 15 is 0 Å². The molecule has 2 saturated heterocycles. The van der Waals surface area contributed by atoms with Crippen molar-refractivity contribution in [1.82, 2.24) is 20.1 Å². The SMILES string of the molecule is CC(NC(=O)c1c(CN2CCC(C(=O)N3CCCC3)CC2)c(-c2ccccc2)nc2ccccc12)c1ccccc1. The van der Waals surface area contributed by atoms with Crippen molar-refractivity contribution >= 4 is 22.7 Å². The molecule has 2 amide bonds. The highest BCUT2D eigenvalue weighted by Crippen LogP contribution is 2.33. The van der Waals surface area contributed by atoms with E-state index in [0.29, 0.717) is 18.0 Å². The van der Waals surface area contributed by atoms with Crippen molar-refractivity contribution < 1.29 is 9.59 Å². The molecule has 3 aromatic carbocycles. The molecule has 0 radical (unpaired) electrons. The number of para-hydroxylation sites is 1. The van der Waals surface area contributed by atoms with Crippen molar-refractivity contribution in [1.29, 1.82) is 0 Å². The zero-order valence-electron chi connectivity index (χ0n) is 23.8. The first-order chi connectivity index (χ1) is 20.1. The fraction of sp³-hybridized carbons (Fsp3) is 0.343. The molecule has 41 heavy (non-hydrogen) atoms. The molecule has 6 nitrogen and oxygen atoms in total. The summed E-state index contributed by atoms with van der Waals surface area (Å²) in [5, 5.41) is 4.14. The van der Waals surface area contributed by atoms with Crippen LogP contribution in [0.15, 0.2) is 84.9 Å². The average molecular weight is 547 g/mol. The number of amides is 2. The van der Waals surface area contributed by atoms with E-state index in [1.54, 1.807) is 0 Å². The van der Waals surface area contributed by atoms with Gasteiger partial charge in [0.05, 0.1) is 22.8 Å². The van der Waals surface area contributed by atoms with Crippen LogP contribution in [-0.2, 0) is 11.3 Å². The van der Waals surface area contributed by atoms with Crippen LogP contribution in [0.25, 0.3) is 22.2 Å². The van der Waals surface area contributed by atoms with Gasteiger partial charge in [0, 0.05) is 42.1 Å². The molecule has 1 atom stereocenters. The normalized spacial score (nSPS) is 17.0. The van der Waals surface area contributed by atoms with Crippen LogP contribution in [0.2, 0.25) is 0 Å². The number of hydrogen-bond donors (Lipinski definition) is 1. The lowest BCUT2D eigenvalue weighted by molar-refractivity contribution is -0.136. The van der Waals surface area contributed by atoms with Crippen molar-refractivity contribution in [2.24, 2.45) is 5.92 Å². The highest BCUT2D eigenvalue weighted by molar-refractivity contribution is 6.09. The second kappa shape index (κ2) is 12.2. The first kappa shape index (κ1) is 27.2. The highest BCUT2D eigenvalue weighted by Gasteiger charge is 2.31. The Morgan fingerprint density at radius 1 is 0.854 bits per heavy atom. The Morgan fingerprint density at radius 2 is 1.49 bits per heavy atom. The van der Waals surface area contributed by atoms with Crippen LogP contribution in [0, 0.1) is 5.92 Å². The van der Waals surface area contributed by atoms with Crippen LogP contribution in [-0.4, -0.2) is 52.8 Å². The summed E-state index contributed by atoms with van der Waals surface area (Å²) in [6.45, 7) is 6.09. The number of fused-ring (bicyclic) bond motifs is 1. The number of carbonyl (C=O) groups is 2. The second-order valence-electron chi connectivity index (χ2n) is 11.4. The van der Waals surface area contributed by atoms with Gasteiger partial charge in [0.2, 0.25) is 5.91 Å². The molecule has 0 saturated carbocycles. The van der Waals surface area contributed by atoms with Gasteiger partial charge in [-0.1, -0.05) is 78.9 Å². The number of hydrogen-bond acceptors (Lipinski definition) is 4. The van der Waals surface area contributed by atoms with Crippen LogP contribution in [0.5, 0.6) is 0 Å². The van der Waals surface area contributed by atoms with Crippen molar-refractivity contribution in [3.05, 3.63) is 102 Å². The van der Waals surface area contributed by atoms with Crippen LogP contribution in [0.4, 0.5) is 0 Å². The molecule has 2 aliphatic rings. The number of nitrogens with one attached hydrogen (secondary N) is 1. The molecule has 1 unspecified atom stereocenters. The molecular formula is C35H38N4O2. The Bertz CT molecular complexity index is 1510. The van der Waals surface area contributed by atoms with E-state index in [9.17, 15) is 9.59 Å². The number of aromatic nitrogens is 1. The lowest BCUT2D eigenvalue weighted by Gasteiger charge is -2.34. The molecule has 0 spiro atoms. The van der Waals surface area contributed by atoms with Gasteiger partial charge in [0.15, 0.2) is 0 Å². The summed E-state index contributed by atoms with van der Waals surface area (Å²) in [6, 6.07) is 28.0. The Kier molecular flexibility index (Phi) is 8.10. The van der Waals surface area contributed by atoms with E-state index in [1.807, 2.05) is 79.7 Å². The van der Waals surface area contributed by atoms with Crippen molar-refractivity contribution in [2.75, 3.05) is 26.2 Å². The van der Waals surface area contributed by atoms with Crippen LogP contribution in [0.3, 0.4) is 0 Å². The van der Waals surface area contributed by atoms with Gasteiger partial charge < -0.3 is 10.2 Å². The van der Waals surface area contributed by atoms with E-state index in [0.717, 1.165) is 85.1 Å². The molecule has 6 heteroatoms. The van der Waals surface area contributed by atoms with Crippen LogP contribution >= 0.6 is 0 Å². The monoisotopic (exact) mass is 546 g/mol. The molecule has 0 aliphatic carbocycles. The number of carbonyl (C=O) groups excluding carboxylic acids is 2. The Morgan fingerprint density at radius 3 is 2.20 bits per heavy atom. The predicted octanol–water partition coefficient (Wildman–Crippen LogP) is 6.23. The largest absolute Gasteiger partial charge is 0.345 e. The minimum Gasteiger partial charge on any atom is -0.345 e. The van der Waals surface area contributed by atoms with Gasteiger partial charge >= 0.3 is 0 Å². The molecule has 0 bridgehead atoms. The standard InChI is InChI=1S/C35H38N4O2/c1-25(26-12-4-2-5-13-26)36-34(40)32-29-16-8-9-17-31(29)37-33(27-14-6-3-7-15-27)30(32)24-38-22-18-28(19-23-38)35(41)39-20-10-11-21-39/h2-9,12-17,25,28H,10-11,18-24H2,1H3,(H,36,40). The van der Waals surface area contributed by atoms with E-state index in [-0.39, 0.29) is 17.9 Å². The average Bonchev–Trinajstić information content (AvgIpc) is 3.57. The molecule has 1 N–H and O–H groups in total. The molecule has 6 rings (SSSR count). The molecule has 1 aromatic heterocycles. The molecule has 3 heterocycles. The molecule has 2 aliphatic heterocycles. The molecule has 2 fully saturated rings. The van der Waals surface area contributed by atoms with Gasteiger partial charge in [0.25, 0.3) is 5.91 Å². The number of rotatable bonds is 7. The molecular weight excluding hydrogens is 508 g/mol. The quantitative estimate of drug-likeness (QED) is 0.299. The van der Waals surface area contributed by atoms with Gasteiger partial charge in [-0.3, -0.25) is 14.5 Å². The molecule has 210 valence electrons. The maximum Gasteiger partial charge on any atom is 0.252 e. The summed E-state index contributed by atoms with van der Waals surface area (Å²) in [6.07, 6.45) is 3.94. The third kappa shape index (κ3) is 5.89. The fourth-order valence-corrected chi connectivity index (χ4v) is 6.35. The van der Waals surface area contributed by atoms with Crippen LogP contribution < -0.4 is 5.32 Å². The summed E-state index contributed by atoms with van der Waals surface area (Å²) >= 11 is 0. The lowest BCUT2D eigenvalue weighted by Crippen LogP contribution is -2.41. The topological polar surface area (TPSA) is 65.5 Å². The van der Waals surface area contributed by atoms with Gasteiger partial charge in [-0.15, -0.1) is 0 Å². The van der Waals surface area contributed by atoms with E-state index in [4.69, 9.17) is 4.98 Å². The maximum absolute atomic E-state index is 14.2. The van der Waals surface area contributed by atoms with Crippen molar-refractivity contribution in [3.8, 4) is 11.3 Å². The van der Waals surface area contributed by atoms with E-state index < -0.39 is 0 Å². The fourth-order valence-electron chi connectivity index (χ4n) is 6.35. The first-order valence-corrected chi connectivity index (χ1v) is 14.9. The Hall–Kier alpha value is -4.03. The number of nitrogens with zero attached hydrogens (tertiary/aromatic N) is 3. The smallest absolute Gasteiger partial charge is 0.252 e. The van der Waals surface area contributed by atoms with E-state index in [1.165, 1.54) is 0 Å². The van der Waals surface area contributed by atoms with Gasteiger partial charge in [-0.25, -0.2) is 4.98 Å². The third-order valence-corrected chi connectivity index (χ3v) is 8.65. The Labute approximate surface area is 242 Å².